The normalized spacial score (nSPS) is 12.4. The van der Waals surface area contributed by atoms with Gasteiger partial charge in [0.1, 0.15) is 5.75 Å². The first-order valence-electron chi connectivity index (χ1n) is 6.00. The van der Waals surface area contributed by atoms with Crippen molar-refractivity contribution in [2.75, 3.05) is 13.7 Å². The molecule has 1 N–H and O–H groups in total. The number of benzene rings is 1. The van der Waals surface area contributed by atoms with Gasteiger partial charge in [-0.2, -0.15) is 0 Å². The Morgan fingerprint density at radius 2 is 2.28 bits per heavy atom. The van der Waals surface area contributed by atoms with Gasteiger partial charge in [0.25, 0.3) is 0 Å². The summed E-state index contributed by atoms with van der Waals surface area (Å²) in [6.07, 6.45) is 1.77. The molecule has 0 bridgehead atoms. The average molecular weight is 246 g/mol. The third-order valence-electron chi connectivity index (χ3n) is 2.84. The topological polar surface area (TPSA) is 52.0 Å². The zero-order valence-electron chi connectivity index (χ0n) is 10.9. The molecule has 2 aromatic rings. The molecule has 0 aliphatic carbocycles. The summed E-state index contributed by atoms with van der Waals surface area (Å²) >= 11 is 0. The van der Waals surface area contributed by atoms with Crippen LogP contribution in [0.3, 0.4) is 0 Å². The van der Waals surface area contributed by atoms with E-state index in [2.05, 4.69) is 21.7 Å². The molecule has 5 heteroatoms. The number of hydrogen-bond donors (Lipinski definition) is 1. The molecule has 0 radical (unpaired) electrons. The molecule has 5 nitrogen and oxygen atoms in total. The molecule has 0 aliphatic rings. The van der Waals surface area contributed by atoms with E-state index in [4.69, 9.17) is 4.74 Å². The van der Waals surface area contributed by atoms with Crippen LogP contribution in [0.5, 0.6) is 5.75 Å². The summed E-state index contributed by atoms with van der Waals surface area (Å²) in [7, 11) is 3.81. The van der Waals surface area contributed by atoms with Crippen LogP contribution in [-0.2, 0) is 7.05 Å². The summed E-state index contributed by atoms with van der Waals surface area (Å²) in [6.45, 7) is 2.65. The van der Waals surface area contributed by atoms with Crippen LogP contribution in [0.2, 0.25) is 0 Å². The van der Waals surface area contributed by atoms with Crippen LogP contribution >= 0.6 is 0 Å². The van der Waals surface area contributed by atoms with Gasteiger partial charge < -0.3 is 10.1 Å². The summed E-state index contributed by atoms with van der Waals surface area (Å²) in [5, 5.41) is 11.2. The molecule has 0 spiro atoms. The van der Waals surface area contributed by atoms with E-state index in [0.717, 1.165) is 17.0 Å². The maximum atomic E-state index is 5.52. The predicted molar refractivity (Wildman–Crippen MR) is 69.5 cm³/mol. The molecule has 96 valence electrons. The van der Waals surface area contributed by atoms with Gasteiger partial charge >= 0.3 is 0 Å². The van der Waals surface area contributed by atoms with Crippen LogP contribution < -0.4 is 10.1 Å². The number of ether oxygens (including phenoxy) is 1. The predicted octanol–water partition coefficient (Wildman–Crippen LogP) is 1.52. The van der Waals surface area contributed by atoms with Gasteiger partial charge in [0.2, 0.25) is 0 Å². The molecule has 1 heterocycles. The van der Waals surface area contributed by atoms with Crippen molar-refractivity contribution in [3.63, 3.8) is 0 Å². The highest BCUT2D eigenvalue weighted by Crippen LogP contribution is 2.24. The molecule has 2 rings (SSSR count). The Kier molecular flexibility index (Phi) is 3.94. The lowest BCUT2D eigenvalue weighted by atomic mass is 10.0. The van der Waals surface area contributed by atoms with Crippen LogP contribution in [0.1, 0.15) is 24.2 Å². The Bertz CT molecular complexity index is 509. The fourth-order valence-corrected chi connectivity index (χ4v) is 1.99. The SMILES string of the molecule is CCOc1cccc(C(NC)c2cnnn2C)c1. The Morgan fingerprint density at radius 1 is 1.44 bits per heavy atom. The van der Waals surface area contributed by atoms with Crippen molar-refractivity contribution < 1.29 is 4.74 Å². The third kappa shape index (κ3) is 2.51. The lowest BCUT2D eigenvalue weighted by Crippen LogP contribution is -2.20. The van der Waals surface area contributed by atoms with Crippen LogP contribution in [-0.4, -0.2) is 28.6 Å². The second-order valence-electron chi connectivity index (χ2n) is 4.01. The highest BCUT2D eigenvalue weighted by molar-refractivity contribution is 5.34. The molecular formula is C13H18N4O. The van der Waals surface area contributed by atoms with Crippen molar-refractivity contribution in [3.8, 4) is 5.75 Å². The molecule has 18 heavy (non-hydrogen) atoms. The molecule has 0 amide bonds. The van der Waals surface area contributed by atoms with Gasteiger partial charge in [-0.3, -0.25) is 4.68 Å². The number of aryl methyl sites for hydroxylation is 1. The number of hydrogen-bond acceptors (Lipinski definition) is 4. The van der Waals surface area contributed by atoms with Crippen molar-refractivity contribution in [2.45, 2.75) is 13.0 Å². The van der Waals surface area contributed by atoms with Crippen LogP contribution in [0.15, 0.2) is 30.5 Å². The summed E-state index contributed by atoms with van der Waals surface area (Å²) < 4.78 is 7.30. The zero-order chi connectivity index (χ0) is 13.0. The van der Waals surface area contributed by atoms with Crippen molar-refractivity contribution >= 4 is 0 Å². The summed E-state index contributed by atoms with van der Waals surface area (Å²) in [5.74, 6) is 0.880. The van der Waals surface area contributed by atoms with E-state index >= 15 is 0 Å². The highest BCUT2D eigenvalue weighted by Gasteiger charge is 2.16. The number of nitrogens with one attached hydrogen (secondary N) is 1. The standard InChI is InChI=1S/C13H18N4O/c1-4-18-11-7-5-6-10(8-11)13(14-2)12-9-15-16-17(12)3/h5-9,13-14H,4H2,1-3H3. The van der Waals surface area contributed by atoms with Gasteiger partial charge in [-0.1, -0.05) is 17.3 Å². The number of aromatic nitrogens is 3. The minimum Gasteiger partial charge on any atom is -0.494 e. The molecule has 1 atom stereocenters. The van der Waals surface area contributed by atoms with Crippen molar-refractivity contribution in [1.29, 1.82) is 0 Å². The lowest BCUT2D eigenvalue weighted by Gasteiger charge is -2.17. The fraction of sp³-hybridized carbons (Fsp3) is 0.385. The van der Waals surface area contributed by atoms with E-state index in [0.29, 0.717) is 6.61 Å². The van der Waals surface area contributed by atoms with E-state index in [1.54, 1.807) is 10.9 Å². The maximum Gasteiger partial charge on any atom is 0.119 e. The Hall–Kier alpha value is -1.88. The minimum absolute atomic E-state index is 0.0606. The Labute approximate surface area is 107 Å². The third-order valence-corrected chi connectivity index (χ3v) is 2.84. The highest BCUT2D eigenvalue weighted by atomic mass is 16.5. The first-order chi connectivity index (χ1) is 8.76. The molecule has 0 saturated heterocycles. The van der Waals surface area contributed by atoms with Crippen molar-refractivity contribution in [1.82, 2.24) is 20.3 Å². The maximum absolute atomic E-state index is 5.52. The van der Waals surface area contributed by atoms with Gasteiger partial charge in [-0.05, 0) is 31.7 Å². The molecule has 0 aliphatic heterocycles. The minimum atomic E-state index is 0.0606. The van der Waals surface area contributed by atoms with Crippen LogP contribution in [0, 0.1) is 0 Å². The molecule has 1 aromatic heterocycles. The van der Waals surface area contributed by atoms with Gasteiger partial charge in [-0.25, -0.2) is 0 Å². The van der Waals surface area contributed by atoms with E-state index in [1.807, 2.05) is 39.2 Å². The van der Waals surface area contributed by atoms with Gasteiger partial charge in [0.05, 0.1) is 24.5 Å². The van der Waals surface area contributed by atoms with Crippen molar-refractivity contribution in [2.24, 2.45) is 7.05 Å². The van der Waals surface area contributed by atoms with Crippen LogP contribution in [0.4, 0.5) is 0 Å². The Balaban J connectivity index is 2.33. The van der Waals surface area contributed by atoms with E-state index in [1.165, 1.54) is 0 Å². The average Bonchev–Trinajstić information content (AvgIpc) is 2.78. The fourth-order valence-electron chi connectivity index (χ4n) is 1.99. The van der Waals surface area contributed by atoms with Gasteiger partial charge in [0.15, 0.2) is 0 Å². The van der Waals surface area contributed by atoms with E-state index < -0.39 is 0 Å². The second kappa shape index (κ2) is 5.64. The molecular weight excluding hydrogens is 228 g/mol. The lowest BCUT2D eigenvalue weighted by molar-refractivity contribution is 0.339. The second-order valence-corrected chi connectivity index (χ2v) is 4.01. The number of nitrogens with zero attached hydrogens (tertiary/aromatic N) is 3. The van der Waals surface area contributed by atoms with Crippen LogP contribution in [0.25, 0.3) is 0 Å². The first-order valence-corrected chi connectivity index (χ1v) is 6.00. The molecule has 0 saturated carbocycles. The first kappa shape index (κ1) is 12.6. The zero-order valence-corrected chi connectivity index (χ0v) is 10.9. The molecule has 1 unspecified atom stereocenters. The smallest absolute Gasteiger partial charge is 0.119 e. The van der Waals surface area contributed by atoms with E-state index in [9.17, 15) is 0 Å². The number of rotatable bonds is 5. The monoisotopic (exact) mass is 246 g/mol. The van der Waals surface area contributed by atoms with E-state index in [-0.39, 0.29) is 6.04 Å². The Morgan fingerprint density at radius 3 is 2.89 bits per heavy atom. The molecule has 1 aromatic carbocycles. The summed E-state index contributed by atoms with van der Waals surface area (Å²) in [6, 6.07) is 8.12. The summed E-state index contributed by atoms with van der Waals surface area (Å²) in [4.78, 5) is 0. The molecule has 0 fully saturated rings. The van der Waals surface area contributed by atoms with Gasteiger partial charge in [-0.15, -0.1) is 5.10 Å². The quantitative estimate of drug-likeness (QED) is 0.869. The van der Waals surface area contributed by atoms with Crippen molar-refractivity contribution in [3.05, 3.63) is 41.7 Å². The van der Waals surface area contributed by atoms with Gasteiger partial charge in [0, 0.05) is 7.05 Å². The largest absolute Gasteiger partial charge is 0.494 e. The summed E-state index contributed by atoms with van der Waals surface area (Å²) in [5.41, 5.74) is 2.15.